The number of hydrogen-bond donors (Lipinski definition) is 2. The molecule has 1 aromatic carbocycles. The van der Waals surface area contributed by atoms with E-state index >= 15 is 0 Å². The Labute approximate surface area is 78.4 Å². The molecule has 0 bridgehead atoms. The number of hydrogen-bond acceptors (Lipinski definition) is 3. The lowest BCUT2D eigenvalue weighted by atomic mass is 10.2. The molecule has 62 valence electrons. The van der Waals surface area contributed by atoms with Gasteiger partial charge in [0, 0.05) is 15.0 Å². The molecule has 1 heterocycles. The number of thiophene rings is 1. The van der Waals surface area contributed by atoms with Gasteiger partial charge in [0.15, 0.2) is 0 Å². The van der Waals surface area contributed by atoms with Crippen LogP contribution in [0.2, 0.25) is 0 Å². The van der Waals surface area contributed by atoms with Crippen molar-refractivity contribution < 1.29 is 4.39 Å². The summed E-state index contributed by atoms with van der Waals surface area (Å²) in [4.78, 5) is 0.625. The van der Waals surface area contributed by atoms with Gasteiger partial charge in [0.1, 0.15) is 5.82 Å². The van der Waals surface area contributed by atoms with Crippen molar-refractivity contribution in [1.29, 1.82) is 0 Å². The van der Waals surface area contributed by atoms with Gasteiger partial charge in [-0.3, -0.25) is 0 Å². The third-order valence-corrected chi connectivity index (χ3v) is 3.02. The van der Waals surface area contributed by atoms with Crippen LogP contribution < -0.4 is 5.73 Å². The van der Waals surface area contributed by atoms with Gasteiger partial charge >= 0.3 is 0 Å². The van der Waals surface area contributed by atoms with Gasteiger partial charge in [-0.05, 0) is 12.1 Å². The third-order valence-electron chi connectivity index (χ3n) is 1.71. The van der Waals surface area contributed by atoms with E-state index in [0.29, 0.717) is 16.0 Å². The summed E-state index contributed by atoms with van der Waals surface area (Å²) >= 11 is 5.46. The van der Waals surface area contributed by atoms with E-state index in [1.54, 1.807) is 6.07 Å². The Balaban J connectivity index is 2.96. The average molecular weight is 199 g/mol. The largest absolute Gasteiger partial charge is 0.397 e. The van der Waals surface area contributed by atoms with Crippen LogP contribution in [0.25, 0.3) is 10.1 Å². The Kier molecular flexibility index (Phi) is 1.73. The molecule has 0 spiro atoms. The number of benzene rings is 1. The Hall–Kier alpha value is -0.740. The molecule has 0 saturated heterocycles. The van der Waals surface area contributed by atoms with E-state index in [9.17, 15) is 4.39 Å². The van der Waals surface area contributed by atoms with Crippen molar-refractivity contribution in [3.8, 4) is 0 Å². The molecule has 2 N–H and O–H groups in total. The summed E-state index contributed by atoms with van der Waals surface area (Å²) < 4.78 is 13.9. The molecular weight excluding hydrogens is 193 g/mol. The van der Waals surface area contributed by atoms with Gasteiger partial charge in [-0.25, -0.2) is 4.39 Å². The second-order valence-electron chi connectivity index (χ2n) is 2.46. The van der Waals surface area contributed by atoms with Crippen LogP contribution >= 0.6 is 24.0 Å². The topological polar surface area (TPSA) is 26.0 Å². The molecule has 0 unspecified atom stereocenters. The predicted molar refractivity (Wildman–Crippen MR) is 53.4 cm³/mol. The summed E-state index contributed by atoms with van der Waals surface area (Å²) in [7, 11) is 0. The molecule has 0 aliphatic carbocycles. The molecule has 0 radical (unpaired) electrons. The van der Waals surface area contributed by atoms with Gasteiger partial charge in [0.2, 0.25) is 0 Å². The Morgan fingerprint density at radius 2 is 2.17 bits per heavy atom. The lowest BCUT2D eigenvalue weighted by Gasteiger charge is -1.99. The van der Waals surface area contributed by atoms with E-state index in [0.717, 1.165) is 4.70 Å². The lowest BCUT2D eigenvalue weighted by Crippen LogP contribution is -1.88. The fourth-order valence-corrected chi connectivity index (χ4v) is 2.11. The molecule has 12 heavy (non-hydrogen) atoms. The molecule has 0 aliphatic heterocycles. The minimum absolute atomic E-state index is 0.261. The summed E-state index contributed by atoms with van der Waals surface area (Å²) in [5.41, 5.74) is 6.08. The minimum atomic E-state index is -0.261. The van der Waals surface area contributed by atoms with E-state index in [1.807, 2.05) is 6.07 Å². The van der Waals surface area contributed by atoms with Gasteiger partial charge in [-0.15, -0.1) is 24.0 Å². The number of rotatable bonds is 0. The Morgan fingerprint density at radius 3 is 2.92 bits per heavy atom. The molecule has 2 rings (SSSR count). The van der Waals surface area contributed by atoms with Crippen molar-refractivity contribution in [1.82, 2.24) is 0 Å². The Morgan fingerprint density at radius 1 is 1.42 bits per heavy atom. The van der Waals surface area contributed by atoms with Gasteiger partial charge in [-0.2, -0.15) is 0 Å². The van der Waals surface area contributed by atoms with Crippen molar-refractivity contribution >= 4 is 39.7 Å². The molecule has 0 saturated carbocycles. The second kappa shape index (κ2) is 2.64. The highest BCUT2D eigenvalue weighted by molar-refractivity contribution is 7.80. The highest BCUT2D eigenvalue weighted by Crippen LogP contribution is 2.33. The quantitative estimate of drug-likeness (QED) is 0.495. The summed E-state index contributed by atoms with van der Waals surface area (Å²) in [5, 5.41) is 1.95. The van der Waals surface area contributed by atoms with Crippen molar-refractivity contribution in [2.75, 3.05) is 5.73 Å². The van der Waals surface area contributed by atoms with Crippen LogP contribution in [0.1, 0.15) is 0 Å². The first kappa shape index (κ1) is 7.89. The summed E-state index contributed by atoms with van der Waals surface area (Å²) in [6.07, 6.45) is 0. The third kappa shape index (κ3) is 0.990. The maximum atomic E-state index is 13.1. The van der Waals surface area contributed by atoms with E-state index in [2.05, 4.69) is 12.6 Å². The van der Waals surface area contributed by atoms with E-state index in [4.69, 9.17) is 5.73 Å². The van der Waals surface area contributed by atoms with Crippen LogP contribution in [0.3, 0.4) is 0 Å². The Bertz CT molecular complexity index is 436. The first-order valence-electron chi connectivity index (χ1n) is 3.34. The minimum Gasteiger partial charge on any atom is -0.397 e. The van der Waals surface area contributed by atoms with Gasteiger partial charge in [0.25, 0.3) is 0 Å². The normalized spacial score (nSPS) is 10.8. The fraction of sp³-hybridized carbons (Fsp3) is 0. The molecule has 1 aromatic heterocycles. The SMILES string of the molecule is Nc1c(S)ccc2scc(F)c12. The summed E-state index contributed by atoms with van der Waals surface area (Å²) in [6, 6.07) is 3.60. The first-order valence-corrected chi connectivity index (χ1v) is 4.67. The van der Waals surface area contributed by atoms with Crippen molar-refractivity contribution in [3.63, 3.8) is 0 Å². The number of halogens is 1. The molecule has 0 fully saturated rings. The van der Waals surface area contributed by atoms with Crippen molar-refractivity contribution in [3.05, 3.63) is 23.3 Å². The van der Waals surface area contributed by atoms with Crippen LogP contribution in [-0.4, -0.2) is 0 Å². The monoisotopic (exact) mass is 199 g/mol. The van der Waals surface area contributed by atoms with Crippen molar-refractivity contribution in [2.45, 2.75) is 4.90 Å². The molecule has 0 atom stereocenters. The predicted octanol–water partition coefficient (Wildman–Crippen LogP) is 2.91. The number of nitrogen functional groups attached to an aromatic ring is 1. The van der Waals surface area contributed by atoms with E-state index in [-0.39, 0.29) is 5.82 Å². The molecule has 1 nitrogen and oxygen atoms in total. The lowest BCUT2D eigenvalue weighted by molar-refractivity contribution is 0.644. The zero-order valence-electron chi connectivity index (χ0n) is 6.04. The number of nitrogens with two attached hydrogens (primary N) is 1. The van der Waals surface area contributed by atoms with E-state index in [1.165, 1.54) is 16.7 Å². The van der Waals surface area contributed by atoms with Gasteiger partial charge in [0.05, 0.1) is 11.1 Å². The van der Waals surface area contributed by atoms with Crippen LogP contribution in [0.4, 0.5) is 10.1 Å². The smallest absolute Gasteiger partial charge is 0.143 e. The second-order valence-corrected chi connectivity index (χ2v) is 3.85. The highest BCUT2D eigenvalue weighted by atomic mass is 32.1. The molecule has 0 amide bonds. The standard InChI is InChI=1S/C8H6FNS2/c9-4-3-12-6-2-1-5(11)8(10)7(4)6/h1-3,11H,10H2. The number of fused-ring (bicyclic) bond motifs is 1. The van der Waals surface area contributed by atoms with E-state index < -0.39 is 0 Å². The van der Waals surface area contributed by atoms with Crippen LogP contribution in [0.15, 0.2) is 22.4 Å². The van der Waals surface area contributed by atoms with Gasteiger partial charge < -0.3 is 5.73 Å². The summed E-state index contributed by atoms with van der Waals surface area (Å²) in [6.45, 7) is 0. The number of anilines is 1. The zero-order chi connectivity index (χ0) is 8.72. The zero-order valence-corrected chi connectivity index (χ0v) is 7.75. The van der Waals surface area contributed by atoms with Gasteiger partial charge in [-0.1, -0.05) is 0 Å². The van der Waals surface area contributed by atoms with Crippen LogP contribution in [0, 0.1) is 5.82 Å². The maximum absolute atomic E-state index is 13.1. The average Bonchev–Trinajstić information content (AvgIpc) is 2.41. The first-order chi connectivity index (χ1) is 5.70. The van der Waals surface area contributed by atoms with Crippen LogP contribution in [-0.2, 0) is 0 Å². The molecule has 4 heteroatoms. The van der Waals surface area contributed by atoms with Crippen molar-refractivity contribution in [2.24, 2.45) is 0 Å². The fourth-order valence-electron chi connectivity index (χ4n) is 1.11. The molecule has 2 aromatic rings. The number of thiol groups is 1. The maximum Gasteiger partial charge on any atom is 0.143 e. The highest BCUT2D eigenvalue weighted by Gasteiger charge is 2.08. The molecule has 0 aliphatic rings. The van der Waals surface area contributed by atoms with Crippen LogP contribution in [0.5, 0.6) is 0 Å². The molecular formula is C8H6FNS2. The summed E-state index contributed by atoms with van der Waals surface area (Å²) in [5.74, 6) is -0.261.